The Kier molecular flexibility index (Phi) is 3.93. The number of carbonyl (C=O) groups excluding carboxylic acids is 1. The maximum Gasteiger partial charge on any atom is 0.323 e. The molecule has 0 aliphatic carbocycles. The predicted octanol–water partition coefficient (Wildman–Crippen LogP) is 2.84. The second-order valence-corrected chi connectivity index (χ2v) is 6.37. The molecule has 1 aliphatic rings. The molecule has 1 fully saturated rings. The molecule has 3 rings (SSSR count). The summed E-state index contributed by atoms with van der Waals surface area (Å²) in [4.78, 5) is 13.5. The van der Waals surface area contributed by atoms with E-state index in [4.69, 9.17) is 11.6 Å². The number of aromatic nitrogens is 2. The molecule has 2 heterocycles. The maximum atomic E-state index is 11.9. The Morgan fingerprint density at radius 3 is 2.65 bits per heavy atom. The number of urea groups is 1. The summed E-state index contributed by atoms with van der Waals surface area (Å²) in [6, 6.07) is 10.6. The number of rotatable bonds is 1. The van der Waals surface area contributed by atoms with Gasteiger partial charge in [-0.15, -0.1) is 10.2 Å². The molecule has 0 atom stereocenters. The number of amides is 2. The third-order valence-electron chi connectivity index (χ3n) is 3.33. The molecule has 5 nitrogen and oxygen atoms in total. The van der Waals surface area contributed by atoms with Crippen LogP contribution in [0.3, 0.4) is 0 Å². The van der Waals surface area contributed by atoms with Crippen molar-refractivity contribution in [2.45, 2.75) is 19.4 Å². The average Bonchev–Trinajstić information content (AvgIpc) is 2.79. The molecule has 1 aromatic heterocycles. The van der Waals surface area contributed by atoms with E-state index in [2.05, 4.69) is 27.4 Å². The van der Waals surface area contributed by atoms with Gasteiger partial charge in [-0.3, -0.25) is 4.90 Å². The van der Waals surface area contributed by atoms with Crippen molar-refractivity contribution >= 4 is 23.4 Å². The van der Waals surface area contributed by atoms with E-state index in [0.717, 1.165) is 5.56 Å². The lowest BCUT2D eigenvalue weighted by Crippen LogP contribution is -2.36. The molecule has 2 amide bonds. The number of carbonyl (C=O) groups is 1. The molecule has 0 spiro atoms. The zero-order valence-electron chi connectivity index (χ0n) is 12.8. The summed E-state index contributed by atoms with van der Waals surface area (Å²) in [7, 11) is 0. The van der Waals surface area contributed by atoms with Gasteiger partial charge in [0.2, 0.25) is 0 Å². The summed E-state index contributed by atoms with van der Waals surface area (Å²) < 4.78 is 0. The minimum atomic E-state index is -0.274. The van der Waals surface area contributed by atoms with Gasteiger partial charge in [-0.25, -0.2) is 4.79 Å². The van der Waals surface area contributed by atoms with Gasteiger partial charge in [0.05, 0.1) is 12.1 Å². The van der Waals surface area contributed by atoms with E-state index in [1.165, 1.54) is 0 Å². The van der Waals surface area contributed by atoms with Gasteiger partial charge in [0.1, 0.15) is 5.69 Å². The summed E-state index contributed by atoms with van der Waals surface area (Å²) in [5, 5.41) is 11.7. The Morgan fingerprint density at radius 2 is 2.04 bits per heavy atom. The van der Waals surface area contributed by atoms with Gasteiger partial charge >= 0.3 is 6.03 Å². The molecular formula is C17H15ClN4O. The molecule has 116 valence electrons. The molecule has 1 aliphatic heterocycles. The molecule has 23 heavy (non-hydrogen) atoms. The number of nitrogens with zero attached hydrogens (tertiary/aromatic N) is 3. The summed E-state index contributed by atoms with van der Waals surface area (Å²) in [5.41, 5.74) is 1.07. The zero-order chi connectivity index (χ0) is 16.4. The molecule has 0 saturated carbocycles. The largest absolute Gasteiger partial charge is 0.331 e. The van der Waals surface area contributed by atoms with Crippen molar-refractivity contribution in [3.63, 3.8) is 0 Å². The third-order valence-corrected chi connectivity index (χ3v) is 3.57. The van der Waals surface area contributed by atoms with Crippen molar-refractivity contribution in [3.8, 4) is 11.8 Å². The van der Waals surface area contributed by atoms with Gasteiger partial charge in [-0.05, 0) is 50.1 Å². The van der Waals surface area contributed by atoms with Gasteiger partial charge in [-0.1, -0.05) is 23.6 Å². The second kappa shape index (κ2) is 5.90. The highest BCUT2D eigenvalue weighted by Crippen LogP contribution is 2.20. The molecular weight excluding hydrogens is 312 g/mol. The molecule has 1 aromatic carbocycles. The number of hydrogen-bond donors (Lipinski definition) is 1. The number of anilines is 1. The molecule has 0 bridgehead atoms. The van der Waals surface area contributed by atoms with Crippen molar-refractivity contribution in [1.82, 2.24) is 15.5 Å². The van der Waals surface area contributed by atoms with Crippen molar-refractivity contribution in [3.05, 3.63) is 52.7 Å². The Bertz CT molecular complexity index is 805. The molecule has 0 radical (unpaired) electrons. The van der Waals surface area contributed by atoms with Crippen LogP contribution in [0.5, 0.6) is 0 Å². The summed E-state index contributed by atoms with van der Waals surface area (Å²) in [5.74, 6) is 6.43. The first kappa shape index (κ1) is 15.3. The highest BCUT2D eigenvalue weighted by Gasteiger charge is 2.36. The Morgan fingerprint density at radius 1 is 1.22 bits per heavy atom. The highest BCUT2D eigenvalue weighted by molar-refractivity contribution is 6.30. The summed E-state index contributed by atoms with van der Waals surface area (Å²) in [6.07, 6.45) is 0. The van der Waals surface area contributed by atoms with Gasteiger partial charge in [0.25, 0.3) is 0 Å². The molecule has 1 saturated heterocycles. The number of halogens is 1. The molecule has 0 unspecified atom stereocenters. The number of hydrogen-bond acceptors (Lipinski definition) is 3. The van der Waals surface area contributed by atoms with Crippen molar-refractivity contribution < 1.29 is 4.79 Å². The molecule has 6 heteroatoms. The van der Waals surface area contributed by atoms with Crippen LogP contribution < -0.4 is 10.2 Å². The van der Waals surface area contributed by atoms with Crippen LogP contribution in [0, 0.1) is 11.8 Å². The van der Waals surface area contributed by atoms with E-state index in [0.29, 0.717) is 23.1 Å². The van der Waals surface area contributed by atoms with E-state index >= 15 is 0 Å². The van der Waals surface area contributed by atoms with Crippen molar-refractivity contribution in [1.29, 1.82) is 0 Å². The zero-order valence-corrected chi connectivity index (χ0v) is 13.6. The minimum absolute atomic E-state index is 0.165. The number of benzene rings is 1. The van der Waals surface area contributed by atoms with Crippen LogP contribution in [0.4, 0.5) is 10.6 Å². The van der Waals surface area contributed by atoms with Gasteiger partial charge in [0, 0.05) is 10.6 Å². The van der Waals surface area contributed by atoms with E-state index < -0.39 is 0 Å². The fraction of sp³-hybridized carbons (Fsp3) is 0.235. The fourth-order valence-electron chi connectivity index (χ4n) is 2.29. The Balaban J connectivity index is 1.77. The van der Waals surface area contributed by atoms with Crippen LogP contribution in [0.2, 0.25) is 5.02 Å². The van der Waals surface area contributed by atoms with Crippen LogP contribution in [-0.2, 0) is 0 Å². The second-order valence-electron chi connectivity index (χ2n) is 5.94. The van der Waals surface area contributed by atoms with E-state index in [1.807, 2.05) is 26.0 Å². The third kappa shape index (κ3) is 3.61. The van der Waals surface area contributed by atoms with Gasteiger partial charge < -0.3 is 5.32 Å². The quantitative estimate of drug-likeness (QED) is 0.820. The van der Waals surface area contributed by atoms with E-state index in [-0.39, 0.29) is 11.6 Å². The van der Waals surface area contributed by atoms with E-state index in [9.17, 15) is 4.79 Å². The summed E-state index contributed by atoms with van der Waals surface area (Å²) in [6.45, 7) is 4.47. The maximum absolute atomic E-state index is 11.9. The Hall–Kier alpha value is -2.58. The van der Waals surface area contributed by atoms with Crippen LogP contribution in [0.15, 0.2) is 36.4 Å². The monoisotopic (exact) mass is 326 g/mol. The van der Waals surface area contributed by atoms with Gasteiger partial charge in [-0.2, -0.15) is 0 Å². The first-order valence-electron chi connectivity index (χ1n) is 7.14. The first-order valence-corrected chi connectivity index (χ1v) is 7.52. The smallest absolute Gasteiger partial charge is 0.323 e. The lowest BCUT2D eigenvalue weighted by molar-refractivity contribution is 0.248. The molecule has 1 N–H and O–H groups in total. The first-order chi connectivity index (χ1) is 10.9. The van der Waals surface area contributed by atoms with Crippen LogP contribution in [0.1, 0.15) is 25.1 Å². The fourth-order valence-corrected chi connectivity index (χ4v) is 2.48. The normalized spacial score (nSPS) is 15.8. The van der Waals surface area contributed by atoms with Crippen molar-refractivity contribution in [2.75, 3.05) is 11.4 Å². The van der Waals surface area contributed by atoms with Gasteiger partial charge in [0.15, 0.2) is 5.82 Å². The topological polar surface area (TPSA) is 58.1 Å². The Labute approximate surface area is 139 Å². The minimum Gasteiger partial charge on any atom is -0.331 e. The standard InChI is InChI=1S/C17H15ClN4O/c1-17(2)11-22(16(23)19-17)15-9-8-14(20-21-15)7-6-12-4-3-5-13(18)10-12/h3-5,8-10H,11H2,1-2H3,(H,19,23). The molecule has 2 aromatic rings. The lowest BCUT2D eigenvalue weighted by Gasteiger charge is -2.16. The number of nitrogens with one attached hydrogen (secondary N) is 1. The van der Waals surface area contributed by atoms with Crippen LogP contribution in [0.25, 0.3) is 0 Å². The van der Waals surface area contributed by atoms with Crippen molar-refractivity contribution in [2.24, 2.45) is 0 Å². The highest BCUT2D eigenvalue weighted by atomic mass is 35.5. The van der Waals surface area contributed by atoms with Crippen LogP contribution >= 0.6 is 11.6 Å². The van der Waals surface area contributed by atoms with Crippen LogP contribution in [-0.4, -0.2) is 28.3 Å². The lowest BCUT2D eigenvalue weighted by atomic mass is 10.1. The van der Waals surface area contributed by atoms with E-state index in [1.54, 1.807) is 29.2 Å². The summed E-state index contributed by atoms with van der Waals surface area (Å²) >= 11 is 5.92. The SMILES string of the molecule is CC1(C)CN(c2ccc(C#Cc3cccc(Cl)c3)nn2)C(=O)N1. The predicted molar refractivity (Wildman–Crippen MR) is 89.4 cm³/mol. The average molecular weight is 327 g/mol.